The Morgan fingerprint density at radius 2 is 1.53 bits per heavy atom. The predicted octanol–water partition coefficient (Wildman–Crippen LogP) is 3.56. The second kappa shape index (κ2) is 9.53. The molecule has 0 spiro atoms. The van der Waals surface area contributed by atoms with E-state index in [4.69, 9.17) is 14.2 Å². The first-order valence-electron chi connectivity index (χ1n) is 10.4. The number of carbonyl (C=O) groups excluding carboxylic acids is 3. The highest BCUT2D eigenvalue weighted by atomic mass is 16.5. The molecule has 0 atom stereocenters. The van der Waals surface area contributed by atoms with Crippen molar-refractivity contribution in [3.63, 3.8) is 0 Å². The molecule has 1 heterocycles. The summed E-state index contributed by atoms with van der Waals surface area (Å²) in [6.07, 6.45) is 0. The minimum atomic E-state index is -0.389. The van der Waals surface area contributed by atoms with E-state index < -0.39 is 0 Å². The van der Waals surface area contributed by atoms with Gasteiger partial charge in [-0.25, -0.2) is 0 Å². The van der Waals surface area contributed by atoms with E-state index in [2.05, 4.69) is 10.6 Å². The van der Waals surface area contributed by atoms with Crippen LogP contribution in [0.3, 0.4) is 0 Å². The van der Waals surface area contributed by atoms with Gasteiger partial charge in [0.25, 0.3) is 11.8 Å². The lowest BCUT2D eigenvalue weighted by atomic mass is 10.1. The third-order valence-corrected chi connectivity index (χ3v) is 5.33. The van der Waals surface area contributed by atoms with Gasteiger partial charge in [0, 0.05) is 16.8 Å². The van der Waals surface area contributed by atoms with Crippen LogP contribution in [0.25, 0.3) is 0 Å². The lowest BCUT2D eigenvalue weighted by Gasteiger charge is -2.29. The van der Waals surface area contributed by atoms with Crippen molar-refractivity contribution in [2.75, 3.05) is 43.4 Å². The second-order valence-electron chi connectivity index (χ2n) is 7.40. The number of hydrogen-bond acceptors (Lipinski definition) is 6. The largest absolute Gasteiger partial charge is 0.493 e. The van der Waals surface area contributed by atoms with Gasteiger partial charge in [-0.2, -0.15) is 0 Å². The maximum absolute atomic E-state index is 13.1. The van der Waals surface area contributed by atoms with E-state index in [9.17, 15) is 14.4 Å². The van der Waals surface area contributed by atoms with Crippen molar-refractivity contribution < 1.29 is 28.6 Å². The van der Waals surface area contributed by atoms with Crippen LogP contribution in [-0.2, 0) is 4.79 Å². The maximum Gasteiger partial charge on any atom is 0.258 e. The summed E-state index contributed by atoms with van der Waals surface area (Å²) in [5.74, 6) is 0.140. The van der Waals surface area contributed by atoms with E-state index in [1.54, 1.807) is 60.7 Å². The monoisotopic (exact) mass is 461 g/mol. The smallest absolute Gasteiger partial charge is 0.258 e. The van der Waals surface area contributed by atoms with Gasteiger partial charge < -0.3 is 24.8 Å². The molecule has 2 N–H and O–H groups in total. The molecule has 9 heteroatoms. The summed E-state index contributed by atoms with van der Waals surface area (Å²) in [6, 6.07) is 16.7. The summed E-state index contributed by atoms with van der Waals surface area (Å²) < 4.78 is 15.9. The number of para-hydroxylation sites is 2. The van der Waals surface area contributed by atoms with Crippen LogP contribution in [0, 0.1) is 0 Å². The summed E-state index contributed by atoms with van der Waals surface area (Å²) in [5.41, 5.74) is 2.40. The van der Waals surface area contributed by atoms with E-state index in [1.165, 1.54) is 26.2 Å². The minimum absolute atomic E-state index is 0.0739. The Labute approximate surface area is 196 Å². The zero-order valence-electron chi connectivity index (χ0n) is 18.9. The summed E-state index contributed by atoms with van der Waals surface area (Å²) >= 11 is 0. The van der Waals surface area contributed by atoms with Gasteiger partial charge >= 0.3 is 0 Å². The molecule has 0 bridgehead atoms. The summed E-state index contributed by atoms with van der Waals surface area (Å²) in [7, 11) is 4.43. The fourth-order valence-electron chi connectivity index (χ4n) is 3.68. The minimum Gasteiger partial charge on any atom is -0.493 e. The van der Waals surface area contributed by atoms with Crippen molar-refractivity contribution in [1.82, 2.24) is 0 Å². The average Bonchev–Trinajstić information content (AvgIpc) is 2.87. The number of nitrogens with one attached hydrogen (secondary N) is 2. The first kappa shape index (κ1) is 22.7. The summed E-state index contributed by atoms with van der Waals surface area (Å²) in [6.45, 7) is -0.0739. The quantitative estimate of drug-likeness (QED) is 0.581. The molecule has 9 nitrogen and oxygen atoms in total. The predicted molar refractivity (Wildman–Crippen MR) is 127 cm³/mol. The number of carbonyl (C=O) groups is 3. The Hall–Kier alpha value is -4.53. The molecule has 1 aliphatic rings. The van der Waals surface area contributed by atoms with Crippen LogP contribution in [0.15, 0.2) is 60.7 Å². The fourth-order valence-corrected chi connectivity index (χ4v) is 3.68. The van der Waals surface area contributed by atoms with Gasteiger partial charge in [0.2, 0.25) is 11.7 Å². The maximum atomic E-state index is 13.1. The first-order valence-corrected chi connectivity index (χ1v) is 10.4. The third kappa shape index (κ3) is 4.36. The van der Waals surface area contributed by atoms with Crippen LogP contribution in [0.2, 0.25) is 0 Å². The molecule has 4 rings (SSSR count). The molecular formula is C25H23N3O6. The van der Waals surface area contributed by atoms with Crippen LogP contribution in [0.1, 0.15) is 20.7 Å². The van der Waals surface area contributed by atoms with Crippen LogP contribution in [0.4, 0.5) is 17.1 Å². The highest BCUT2D eigenvalue weighted by Crippen LogP contribution is 2.38. The average molecular weight is 461 g/mol. The Morgan fingerprint density at radius 1 is 0.882 bits per heavy atom. The van der Waals surface area contributed by atoms with Crippen LogP contribution in [-0.4, -0.2) is 45.6 Å². The Balaban J connectivity index is 1.52. The zero-order chi connectivity index (χ0) is 24.2. The van der Waals surface area contributed by atoms with Gasteiger partial charge in [0.05, 0.1) is 32.7 Å². The van der Waals surface area contributed by atoms with Crippen LogP contribution in [0.5, 0.6) is 17.2 Å². The molecule has 3 aromatic carbocycles. The third-order valence-electron chi connectivity index (χ3n) is 5.33. The van der Waals surface area contributed by atoms with E-state index in [0.717, 1.165) is 0 Å². The number of nitrogens with zero attached hydrogens (tertiary/aromatic N) is 1. The molecule has 0 radical (unpaired) electrons. The Kier molecular flexibility index (Phi) is 6.35. The van der Waals surface area contributed by atoms with Crippen molar-refractivity contribution >= 4 is 34.8 Å². The Bertz CT molecular complexity index is 1230. The number of hydrogen-bond donors (Lipinski definition) is 2. The number of fused-ring (bicyclic) bond motifs is 1. The van der Waals surface area contributed by atoms with E-state index in [-0.39, 0.29) is 24.3 Å². The van der Waals surface area contributed by atoms with Gasteiger partial charge in [0.15, 0.2) is 11.5 Å². The van der Waals surface area contributed by atoms with Gasteiger partial charge in [-0.3, -0.25) is 19.3 Å². The molecule has 1 aliphatic heterocycles. The topological polar surface area (TPSA) is 106 Å². The molecule has 0 saturated heterocycles. The van der Waals surface area contributed by atoms with Crippen LogP contribution >= 0.6 is 0 Å². The highest BCUT2D eigenvalue weighted by molar-refractivity contribution is 6.15. The van der Waals surface area contributed by atoms with E-state index in [0.29, 0.717) is 45.4 Å². The molecule has 174 valence electrons. The summed E-state index contributed by atoms with van der Waals surface area (Å²) in [4.78, 5) is 39.4. The number of methoxy groups -OCH3 is 3. The van der Waals surface area contributed by atoms with Crippen molar-refractivity contribution in [2.45, 2.75) is 0 Å². The molecule has 0 unspecified atom stereocenters. The number of ether oxygens (including phenoxy) is 3. The van der Waals surface area contributed by atoms with E-state index in [1.807, 2.05) is 0 Å². The fraction of sp³-hybridized carbons (Fsp3) is 0.160. The molecule has 0 aliphatic carbocycles. The van der Waals surface area contributed by atoms with E-state index >= 15 is 0 Å². The van der Waals surface area contributed by atoms with Crippen molar-refractivity contribution in [2.24, 2.45) is 0 Å². The normalized spacial score (nSPS) is 12.3. The number of benzene rings is 3. The lowest BCUT2D eigenvalue weighted by Crippen LogP contribution is -2.42. The zero-order valence-corrected chi connectivity index (χ0v) is 18.9. The van der Waals surface area contributed by atoms with Crippen molar-refractivity contribution in [3.8, 4) is 17.2 Å². The molecule has 0 fully saturated rings. The van der Waals surface area contributed by atoms with Gasteiger partial charge in [-0.1, -0.05) is 12.1 Å². The van der Waals surface area contributed by atoms with Crippen LogP contribution < -0.4 is 29.7 Å². The lowest BCUT2D eigenvalue weighted by molar-refractivity contribution is -0.115. The number of amides is 3. The number of rotatable bonds is 6. The standard InChI is InChI=1S/C25H23N3O6/c1-32-20-12-16(13-21(33-2)23(20)34-3)24(30)26-17-10-8-15(9-11-17)25(31)28-14-22(29)27-18-6-4-5-7-19(18)28/h4-13H,14H2,1-3H3,(H,26,30)(H,27,29). The molecular weight excluding hydrogens is 438 g/mol. The van der Waals surface area contributed by atoms with Gasteiger partial charge in [-0.15, -0.1) is 0 Å². The Morgan fingerprint density at radius 3 is 2.15 bits per heavy atom. The molecule has 0 saturated carbocycles. The SMILES string of the molecule is COc1cc(C(=O)Nc2ccc(C(=O)N3CC(=O)Nc4ccccc43)cc2)cc(OC)c1OC. The van der Waals surface area contributed by atoms with Crippen molar-refractivity contribution in [3.05, 3.63) is 71.8 Å². The summed E-state index contributed by atoms with van der Waals surface area (Å²) in [5, 5.41) is 5.55. The first-order chi connectivity index (χ1) is 16.4. The highest BCUT2D eigenvalue weighted by Gasteiger charge is 2.27. The number of anilines is 3. The molecule has 3 aromatic rings. The second-order valence-corrected chi connectivity index (χ2v) is 7.40. The van der Waals surface area contributed by atoms with Gasteiger partial charge in [-0.05, 0) is 48.5 Å². The molecule has 34 heavy (non-hydrogen) atoms. The molecule has 0 aromatic heterocycles. The van der Waals surface area contributed by atoms with Gasteiger partial charge in [0.1, 0.15) is 6.54 Å². The van der Waals surface area contributed by atoms with Crippen molar-refractivity contribution in [1.29, 1.82) is 0 Å². The molecule has 3 amide bonds.